The van der Waals surface area contributed by atoms with Crippen LogP contribution in [0.2, 0.25) is 0 Å². The minimum absolute atomic E-state index is 0.110. The third-order valence-corrected chi connectivity index (χ3v) is 3.55. The first kappa shape index (κ1) is 14.2. The van der Waals surface area contributed by atoms with Gasteiger partial charge in [0.25, 0.3) is 5.91 Å². The van der Waals surface area contributed by atoms with E-state index < -0.39 is 15.9 Å². The molecule has 0 spiro atoms. The molecule has 0 aliphatic rings. The molecule has 0 aliphatic heterocycles. The topological polar surface area (TPSA) is 140 Å². The van der Waals surface area contributed by atoms with E-state index in [4.69, 9.17) is 11.5 Å². The van der Waals surface area contributed by atoms with Gasteiger partial charge in [0.05, 0.1) is 23.2 Å². The van der Waals surface area contributed by atoms with Gasteiger partial charge in [-0.25, -0.2) is 18.1 Å². The highest BCUT2D eigenvalue weighted by Crippen LogP contribution is 2.13. The summed E-state index contributed by atoms with van der Waals surface area (Å²) in [5.41, 5.74) is 11.0. The van der Waals surface area contributed by atoms with Gasteiger partial charge in [0.2, 0.25) is 10.0 Å². The van der Waals surface area contributed by atoms with Gasteiger partial charge in [-0.05, 0) is 13.1 Å². The van der Waals surface area contributed by atoms with E-state index in [1.165, 1.54) is 19.3 Å². The minimum atomic E-state index is -3.28. The van der Waals surface area contributed by atoms with Gasteiger partial charge >= 0.3 is 0 Å². The zero-order valence-corrected chi connectivity index (χ0v) is 10.6. The van der Waals surface area contributed by atoms with Crippen molar-refractivity contribution in [2.75, 3.05) is 30.4 Å². The SMILES string of the molecule is CNS(=O)(=O)CCNc1cc(C(N)=O)c(N)cn1. The fourth-order valence-electron chi connectivity index (χ4n) is 1.19. The molecule has 1 aromatic rings. The van der Waals surface area contributed by atoms with Crippen LogP contribution in [0.3, 0.4) is 0 Å². The Labute approximate surface area is 105 Å². The summed E-state index contributed by atoms with van der Waals surface area (Å²) in [7, 11) is -1.95. The Morgan fingerprint density at radius 1 is 1.50 bits per heavy atom. The number of hydrogen-bond donors (Lipinski definition) is 4. The maximum Gasteiger partial charge on any atom is 0.250 e. The summed E-state index contributed by atoms with van der Waals surface area (Å²) < 4.78 is 24.5. The molecule has 0 aliphatic carbocycles. The van der Waals surface area contributed by atoms with E-state index in [-0.39, 0.29) is 23.5 Å². The highest BCUT2D eigenvalue weighted by Gasteiger charge is 2.09. The number of nitrogens with two attached hydrogens (primary N) is 2. The summed E-state index contributed by atoms with van der Waals surface area (Å²) >= 11 is 0. The Balaban J connectivity index is 2.69. The molecule has 0 fully saturated rings. The molecular formula is C9H15N5O3S. The number of amides is 1. The second-order valence-electron chi connectivity index (χ2n) is 3.47. The standard InChI is InChI=1S/C9H15N5O3S/c1-12-18(16,17)3-2-13-8-4-6(9(11)15)7(10)5-14-8/h4-5,12H,2-3,10H2,1H3,(H2,11,15)(H,13,14). The minimum Gasteiger partial charge on any atom is -0.397 e. The molecule has 0 atom stereocenters. The first-order chi connectivity index (χ1) is 8.35. The number of aromatic nitrogens is 1. The van der Waals surface area contributed by atoms with Crippen molar-refractivity contribution in [2.24, 2.45) is 5.73 Å². The first-order valence-electron chi connectivity index (χ1n) is 5.06. The summed E-state index contributed by atoms with van der Waals surface area (Å²) in [6.45, 7) is 0.151. The van der Waals surface area contributed by atoms with Crippen molar-refractivity contribution in [1.29, 1.82) is 0 Å². The van der Waals surface area contributed by atoms with Gasteiger partial charge in [-0.1, -0.05) is 0 Å². The van der Waals surface area contributed by atoms with E-state index in [2.05, 4.69) is 15.0 Å². The van der Waals surface area contributed by atoms with Crippen molar-refractivity contribution in [2.45, 2.75) is 0 Å². The number of pyridine rings is 1. The fourth-order valence-corrected chi connectivity index (χ4v) is 1.77. The summed E-state index contributed by atoms with van der Waals surface area (Å²) in [6, 6.07) is 1.38. The largest absolute Gasteiger partial charge is 0.397 e. The summed E-state index contributed by atoms with van der Waals surface area (Å²) in [6.07, 6.45) is 1.29. The van der Waals surface area contributed by atoms with Crippen molar-refractivity contribution in [3.8, 4) is 0 Å². The quantitative estimate of drug-likeness (QED) is 0.509. The average molecular weight is 273 g/mol. The summed E-state index contributed by atoms with van der Waals surface area (Å²) in [5, 5.41) is 2.76. The highest BCUT2D eigenvalue weighted by atomic mass is 32.2. The Kier molecular flexibility index (Phi) is 4.45. The lowest BCUT2D eigenvalue weighted by atomic mass is 10.2. The van der Waals surface area contributed by atoms with Crippen LogP contribution in [0, 0.1) is 0 Å². The predicted octanol–water partition coefficient (Wildman–Crippen LogP) is -1.28. The Hall–Kier alpha value is -1.87. The fraction of sp³-hybridized carbons (Fsp3) is 0.333. The molecule has 1 heterocycles. The molecule has 6 N–H and O–H groups in total. The number of primary amides is 1. The zero-order valence-electron chi connectivity index (χ0n) is 9.80. The molecule has 0 unspecified atom stereocenters. The van der Waals surface area contributed by atoms with Crippen molar-refractivity contribution in [3.63, 3.8) is 0 Å². The van der Waals surface area contributed by atoms with Gasteiger partial charge in [0, 0.05) is 6.54 Å². The highest BCUT2D eigenvalue weighted by molar-refractivity contribution is 7.89. The molecule has 9 heteroatoms. The van der Waals surface area contributed by atoms with Crippen molar-refractivity contribution in [1.82, 2.24) is 9.71 Å². The van der Waals surface area contributed by atoms with E-state index in [0.717, 1.165) is 0 Å². The number of sulfonamides is 1. The lowest BCUT2D eigenvalue weighted by Crippen LogP contribution is -2.26. The number of carbonyl (C=O) groups excluding carboxylic acids is 1. The molecular weight excluding hydrogens is 258 g/mol. The van der Waals surface area contributed by atoms with Gasteiger partial charge in [-0.3, -0.25) is 4.79 Å². The monoisotopic (exact) mass is 273 g/mol. The summed E-state index contributed by atoms with van der Waals surface area (Å²) in [4.78, 5) is 14.9. The van der Waals surface area contributed by atoms with E-state index in [0.29, 0.717) is 5.82 Å². The van der Waals surface area contributed by atoms with Gasteiger partial charge in [-0.2, -0.15) is 0 Å². The zero-order chi connectivity index (χ0) is 13.8. The van der Waals surface area contributed by atoms with Crippen molar-refractivity contribution in [3.05, 3.63) is 17.8 Å². The number of anilines is 2. The predicted molar refractivity (Wildman–Crippen MR) is 68.5 cm³/mol. The maximum absolute atomic E-state index is 11.2. The molecule has 18 heavy (non-hydrogen) atoms. The van der Waals surface area contributed by atoms with Crippen LogP contribution in [-0.4, -0.2) is 38.7 Å². The van der Waals surface area contributed by atoms with Crippen LogP contribution >= 0.6 is 0 Å². The smallest absolute Gasteiger partial charge is 0.250 e. The molecule has 1 rings (SSSR count). The van der Waals surface area contributed by atoms with Gasteiger partial charge in [-0.15, -0.1) is 0 Å². The summed E-state index contributed by atoms with van der Waals surface area (Å²) in [5.74, 6) is -0.438. The third kappa shape index (κ3) is 3.86. The van der Waals surface area contributed by atoms with E-state index >= 15 is 0 Å². The van der Waals surface area contributed by atoms with Gasteiger partial charge < -0.3 is 16.8 Å². The molecule has 8 nitrogen and oxygen atoms in total. The number of nitrogens with one attached hydrogen (secondary N) is 2. The molecule has 0 saturated carbocycles. The molecule has 100 valence electrons. The molecule has 0 saturated heterocycles. The van der Waals surface area contributed by atoms with E-state index in [9.17, 15) is 13.2 Å². The van der Waals surface area contributed by atoms with Crippen molar-refractivity contribution < 1.29 is 13.2 Å². The Morgan fingerprint density at radius 2 is 2.17 bits per heavy atom. The second-order valence-corrected chi connectivity index (χ2v) is 5.52. The maximum atomic E-state index is 11.2. The van der Waals surface area contributed by atoms with Crippen LogP contribution < -0.4 is 21.5 Å². The lowest BCUT2D eigenvalue weighted by Gasteiger charge is -2.08. The molecule has 1 amide bonds. The molecule has 0 bridgehead atoms. The molecule has 0 radical (unpaired) electrons. The Bertz CT molecular complexity index is 543. The first-order valence-corrected chi connectivity index (χ1v) is 6.71. The molecule has 0 aromatic carbocycles. The van der Waals surface area contributed by atoms with Crippen LogP contribution in [0.1, 0.15) is 10.4 Å². The van der Waals surface area contributed by atoms with Gasteiger partial charge in [0.1, 0.15) is 5.82 Å². The number of carbonyl (C=O) groups is 1. The van der Waals surface area contributed by atoms with Crippen LogP contribution in [-0.2, 0) is 10.0 Å². The lowest BCUT2D eigenvalue weighted by molar-refractivity contribution is 0.100. The van der Waals surface area contributed by atoms with E-state index in [1.807, 2.05) is 0 Å². The molecule has 1 aromatic heterocycles. The number of hydrogen-bond acceptors (Lipinski definition) is 6. The number of nitrogens with zero attached hydrogens (tertiary/aromatic N) is 1. The van der Waals surface area contributed by atoms with Crippen molar-refractivity contribution >= 4 is 27.4 Å². The van der Waals surface area contributed by atoms with Crippen LogP contribution in [0.15, 0.2) is 12.3 Å². The van der Waals surface area contributed by atoms with Crippen LogP contribution in [0.5, 0.6) is 0 Å². The van der Waals surface area contributed by atoms with Crippen LogP contribution in [0.4, 0.5) is 11.5 Å². The normalized spacial score (nSPS) is 11.2. The third-order valence-electron chi connectivity index (χ3n) is 2.19. The number of nitrogen functional groups attached to an aromatic ring is 1. The van der Waals surface area contributed by atoms with Gasteiger partial charge in [0.15, 0.2) is 0 Å². The number of rotatable bonds is 6. The Morgan fingerprint density at radius 3 is 2.72 bits per heavy atom. The van der Waals surface area contributed by atoms with Crippen LogP contribution in [0.25, 0.3) is 0 Å². The van der Waals surface area contributed by atoms with E-state index in [1.54, 1.807) is 0 Å². The average Bonchev–Trinajstić information content (AvgIpc) is 2.31. The second kappa shape index (κ2) is 5.65.